The van der Waals surface area contributed by atoms with E-state index in [1.165, 1.54) is 0 Å². The van der Waals surface area contributed by atoms with Crippen LogP contribution in [0.5, 0.6) is 0 Å². The number of primary amides is 1. The second-order valence-electron chi connectivity index (χ2n) is 2.20. The van der Waals surface area contributed by atoms with Gasteiger partial charge < -0.3 is 5.73 Å². The van der Waals surface area contributed by atoms with Crippen LogP contribution in [-0.4, -0.2) is 18.2 Å². The number of hydrogen-bond donors (Lipinski definition) is 2. The molecule has 1 aliphatic heterocycles. The van der Waals surface area contributed by atoms with Crippen molar-refractivity contribution in [2.45, 2.75) is 18.6 Å². The minimum absolute atomic E-state index is 0.211. The first-order chi connectivity index (χ1) is 4.15. The maximum Gasteiger partial charge on any atom is 0.270 e. The zero-order valence-electron chi connectivity index (χ0n) is 4.98. The number of amides is 1. The summed E-state index contributed by atoms with van der Waals surface area (Å²) >= 11 is 0. The van der Waals surface area contributed by atoms with Crippen molar-refractivity contribution in [3.8, 4) is 0 Å². The third-order valence-corrected chi connectivity index (χ3v) is 1.49. The number of rotatable bonds is 1. The fourth-order valence-electron chi connectivity index (χ4n) is 0.917. The second-order valence-corrected chi connectivity index (χ2v) is 2.20. The van der Waals surface area contributed by atoms with Gasteiger partial charge in [0.2, 0.25) is 5.79 Å². The van der Waals surface area contributed by atoms with Gasteiger partial charge in [0.25, 0.3) is 5.91 Å². The van der Waals surface area contributed by atoms with Gasteiger partial charge in [-0.15, -0.1) is 0 Å². The minimum atomic E-state index is -1.92. The SMILES string of the molecule is NC(=O)C1(F)CCCN1. The second kappa shape index (κ2) is 1.95. The molecule has 0 aliphatic carbocycles. The summed E-state index contributed by atoms with van der Waals surface area (Å²) in [6.45, 7) is 0.541. The van der Waals surface area contributed by atoms with E-state index >= 15 is 0 Å². The Hall–Kier alpha value is -0.640. The van der Waals surface area contributed by atoms with E-state index in [1.54, 1.807) is 0 Å². The lowest BCUT2D eigenvalue weighted by atomic mass is 10.2. The molecule has 0 aromatic rings. The van der Waals surface area contributed by atoms with Crippen LogP contribution in [-0.2, 0) is 4.79 Å². The van der Waals surface area contributed by atoms with Gasteiger partial charge in [-0.2, -0.15) is 0 Å². The van der Waals surface area contributed by atoms with E-state index in [-0.39, 0.29) is 6.42 Å². The highest BCUT2D eigenvalue weighted by molar-refractivity contribution is 5.83. The first-order valence-electron chi connectivity index (χ1n) is 2.89. The highest BCUT2D eigenvalue weighted by Crippen LogP contribution is 2.19. The standard InChI is InChI=1S/C5H9FN2O/c6-5(4(7)9)2-1-3-8-5/h8H,1-3H2,(H2,7,9). The molecular formula is C5H9FN2O. The van der Waals surface area contributed by atoms with Crippen molar-refractivity contribution < 1.29 is 9.18 Å². The quantitative estimate of drug-likeness (QED) is 0.473. The van der Waals surface area contributed by atoms with Crippen LogP contribution in [0, 0.1) is 0 Å². The summed E-state index contributed by atoms with van der Waals surface area (Å²) in [5.74, 6) is -2.82. The molecule has 9 heavy (non-hydrogen) atoms. The molecule has 1 rings (SSSR count). The highest BCUT2D eigenvalue weighted by atomic mass is 19.1. The number of alkyl halides is 1. The van der Waals surface area contributed by atoms with Gasteiger partial charge in [-0.3, -0.25) is 10.1 Å². The van der Waals surface area contributed by atoms with E-state index in [0.717, 1.165) is 0 Å². The summed E-state index contributed by atoms with van der Waals surface area (Å²) in [7, 11) is 0. The Morgan fingerprint density at radius 3 is 2.67 bits per heavy atom. The third-order valence-electron chi connectivity index (χ3n) is 1.49. The summed E-state index contributed by atoms with van der Waals surface area (Å²) in [6, 6.07) is 0. The normalized spacial score (nSPS) is 34.8. The molecule has 1 fully saturated rings. The maximum absolute atomic E-state index is 12.8. The molecule has 4 heteroatoms. The van der Waals surface area contributed by atoms with Crippen molar-refractivity contribution in [3.05, 3.63) is 0 Å². The molecule has 1 heterocycles. The Morgan fingerprint density at radius 2 is 2.44 bits per heavy atom. The largest absolute Gasteiger partial charge is 0.366 e. The highest BCUT2D eigenvalue weighted by Gasteiger charge is 2.39. The molecule has 1 saturated heterocycles. The molecule has 52 valence electrons. The van der Waals surface area contributed by atoms with E-state index in [2.05, 4.69) is 5.32 Å². The smallest absolute Gasteiger partial charge is 0.270 e. The molecule has 0 saturated carbocycles. The van der Waals surface area contributed by atoms with Gasteiger partial charge >= 0.3 is 0 Å². The molecular weight excluding hydrogens is 123 g/mol. The molecule has 0 aromatic carbocycles. The average Bonchev–Trinajstić information content (AvgIpc) is 2.16. The van der Waals surface area contributed by atoms with E-state index in [0.29, 0.717) is 13.0 Å². The van der Waals surface area contributed by atoms with Crippen molar-refractivity contribution in [2.24, 2.45) is 5.73 Å². The van der Waals surface area contributed by atoms with Crippen molar-refractivity contribution in [2.75, 3.05) is 6.54 Å². The number of nitrogens with one attached hydrogen (secondary N) is 1. The van der Waals surface area contributed by atoms with Crippen LogP contribution in [0.4, 0.5) is 4.39 Å². The molecule has 0 aromatic heterocycles. The van der Waals surface area contributed by atoms with Crippen LogP contribution >= 0.6 is 0 Å². The number of carbonyl (C=O) groups excluding carboxylic acids is 1. The first-order valence-corrected chi connectivity index (χ1v) is 2.89. The molecule has 0 radical (unpaired) electrons. The van der Waals surface area contributed by atoms with Crippen molar-refractivity contribution >= 4 is 5.91 Å². The van der Waals surface area contributed by atoms with E-state index in [4.69, 9.17) is 5.73 Å². The summed E-state index contributed by atoms with van der Waals surface area (Å²) in [4.78, 5) is 10.3. The maximum atomic E-state index is 12.8. The van der Waals surface area contributed by atoms with Gasteiger partial charge in [0.05, 0.1) is 0 Å². The molecule has 1 amide bonds. The van der Waals surface area contributed by atoms with Crippen LogP contribution in [0.15, 0.2) is 0 Å². The summed E-state index contributed by atoms with van der Waals surface area (Å²) in [5, 5.41) is 2.39. The van der Waals surface area contributed by atoms with Crippen molar-refractivity contribution in [1.82, 2.24) is 5.32 Å². The Kier molecular flexibility index (Phi) is 1.40. The van der Waals surface area contributed by atoms with E-state index in [9.17, 15) is 9.18 Å². The zero-order valence-corrected chi connectivity index (χ0v) is 4.98. The number of nitrogens with two attached hydrogens (primary N) is 1. The Morgan fingerprint density at radius 1 is 1.78 bits per heavy atom. The predicted molar refractivity (Wildman–Crippen MR) is 30.3 cm³/mol. The zero-order chi connectivity index (χ0) is 6.91. The average molecular weight is 132 g/mol. The van der Waals surface area contributed by atoms with Gasteiger partial charge in [0.15, 0.2) is 0 Å². The molecule has 0 spiro atoms. The summed E-state index contributed by atoms with van der Waals surface area (Å²) in [6.07, 6.45) is 0.891. The van der Waals surface area contributed by atoms with Crippen LogP contribution < -0.4 is 11.1 Å². The van der Waals surface area contributed by atoms with Crippen molar-refractivity contribution in [3.63, 3.8) is 0 Å². The third kappa shape index (κ3) is 1.03. The molecule has 1 atom stereocenters. The number of hydrogen-bond acceptors (Lipinski definition) is 2. The van der Waals surface area contributed by atoms with Crippen LogP contribution in [0.1, 0.15) is 12.8 Å². The van der Waals surface area contributed by atoms with E-state index < -0.39 is 11.7 Å². The van der Waals surface area contributed by atoms with Crippen LogP contribution in [0.2, 0.25) is 0 Å². The summed E-state index contributed by atoms with van der Waals surface area (Å²) < 4.78 is 12.8. The predicted octanol–water partition coefficient (Wildman–Crippen LogP) is -0.479. The van der Waals surface area contributed by atoms with Crippen molar-refractivity contribution in [1.29, 1.82) is 0 Å². The lowest BCUT2D eigenvalue weighted by molar-refractivity contribution is -0.130. The fraction of sp³-hybridized carbons (Fsp3) is 0.800. The molecule has 3 nitrogen and oxygen atoms in total. The lowest BCUT2D eigenvalue weighted by Gasteiger charge is -2.13. The van der Waals surface area contributed by atoms with Gasteiger partial charge in [-0.25, -0.2) is 4.39 Å². The van der Waals surface area contributed by atoms with Gasteiger partial charge in [-0.1, -0.05) is 0 Å². The minimum Gasteiger partial charge on any atom is -0.366 e. The van der Waals surface area contributed by atoms with E-state index in [1.807, 2.05) is 0 Å². The number of halogens is 1. The molecule has 0 bridgehead atoms. The Balaban J connectivity index is 2.61. The van der Waals surface area contributed by atoms with Gasteiger partial charge in [0.1, 0.15) is 0 Å². The first kappa shape index (κ1) is 6.48. The molecule has 3 N–H and O–H groups in total. The van der Waals surface area contributed by atoms with Crippen LogP contribution in [0.3, 0.4) is 0 Å². The van der Waals surface area contributed by atoms with Gasteiger partial charge in [-0.05, 0) is 13.0 Å². The Bertz CT molecular complexity index is 131. The number of carbonyl (C=O) groups is 1. The van der Waals surface area contributed by atoms with Crippen LogP contribution in [0.25, 0.3) is 0 Å². The Labute approximate surface area is 52.4 Å². The monoisotopic (exact) mass is 132 g/mol. The lowest BCUT2D eigenvalue weighted by Crippen LogP contribution is -2.47. The molecule has 1 aliphatic rings. The fourth-order valence-corrected chi connectivity index (χ4v) is 0.917. The summed E-state index contributed by atoms with van der Waals surface area (Å²) in [5.41, 5.74) is 4.76. The molecule has 1 unspecified atom stereocenters. The van der Waals surface area contributed by atoms with Gasteiger partial charge in [0, 0.05) is 6.42 Å². The topological polar surface area (TPSA) is 55.1 Å².